The largest absolute Gasteiger partial charge is 0.498 e. The first kappa shape index (κ1) is 15.3. The van der Waals surface area contributed by atoms with E-state index in [1.165, 1.54) is 5.56 Å². The second kappa shape index (κ2) is 5.25. The average molecular weight is 298 g/mol. The topological polar surface area (TPSA) is 36.3 Å². The normalized spacial score (nSPS) is 19.6. The van der Waals surface area contributed by atoms with E-state index in [2.05, 4.69) is 44.9 Å². The summed E-state index contributed by atoms with van der Waals surface area (Å²) >= 11 is 0. The van der Waals surface area contributed by atoms with Gasteiger partial charge in [-0.3, -0.25) is 4.68 Å². The van der Waals surface area contributed by atoms with Crippen molar-refractivity contribution in [2.45, 2.75) is 52.4 Å². The van der Waals surface area contributed by atoms with Crippen molar-refractivity contribution in [2.75, 3.05) is 0 Å². The van der Waals surface area contributed by atoms with E-state index in [1.54, 1.807) is 0 Å². The lowest BCUT2D eigenvalue weighted by molar-refractivity contribution is 0.00578. The van der Waals surface area contributed by atoms with Crippen LogP contribution < -0.4 is 5.46 Å². The minimum absolute atomic E-state index is 0.328. The highest BCUT2D eigenvalue weighted by Gasteiger charge is 2.52. The third-order valence-corrected chi connectivity index (χ3v) is 4.68. The van der Waals surface area contributed by atoms with Crippen LogP contribution in [0.3, 0.4) is 0 Å². The van der Waals surface area contributed by atoms with Crippen molar-refractivity contribution in [3.05, 3.63) is 47.8 Å². The third kappa shape index (κ3) is 2.71. The standard InChI is InChI=1S/C17H23BN2O2/c1-13-15(18-21-16(2,3)17(4,5)22-18)12-20(19-13)11-14-9-7-6-8-10-14/h6-10,12H,11H2,1-5H3. The van der Waals surface area contributed by atoms with Crippen molar-refractivity contribution in [3.8, 4) is 0 Å². The predicted molar refractivity (Wildman–Crippen MR) is 88.2 cm³/mol. The summed E-state index contributed by atoms with van der Waals surface area (Å²) in [6.45, 7) is 11.0. The molecule has 0 saturated carbocycles. The summed E-state index contributed by atoms with van der Waals surface area (Å²) in [6.07, 6.45) is 2.03. The summed E-state index contributed by atoms with van der Waals surface area (Å²) in [4.78, 5) is 0. The fourth-order valence-corrected chi connectivity index (χ4v) is 2.59. The molecule has 1 aliphatic rings. The third-order valence-electron chi connectivity index (χ3n) is 4.68. The summed E-state index contributed by atoms with van der Waals surface area (Å²) < 4.78 is 14.2. The van der Waals surface area contributed by atoms with Gasteiger partial charge < -0.3 is 9.31 Å². The smallest absolute Gasteiger partial charge is 0.399 e. The minimum Gasteiger partial charge on any atom is -0.399 e. The van der Waals surface area contributed by atoms with Gasteiger partial charge in [-0.25, -0.2) is 0 Å². The van der Waals surface area contributed by atoms with Crippen LogP contribution in [0.15, 0.2) is 36.5 Å². The quantitative estimate of drug-likeness (QED) is 0.817. The monoisotopic (exact) mass is 298 g/mol. The minimum atomic E-state index is -0.352. The summed E-state index contributed by atoms with van der Waals surface area (Å²) in [7, 11) is -0.352. The molecule has 0 aliphatic carbocycles. The molecular formula is C17H23BN2O2. The summed E-state index contributed by atoms with van der Waals surface area (Å²) in [5.41, 5.74) is 2.53. The fourth-order valence-electron chi connectivity index (χ4n) is 2.59. The number of hydrogen-bond donors (Lipinski definition) is 0. The Morgan fingerprint density at radius 1 is 1.05 bits per heavy atom. The maximum absolute atomic E-state index is 6.12. The van der Waals surface area contributed by atoms with E-state index in [0.717, 1.165) is 17.7 Å². The predicted octanol–water partition coefficient (Wildman–Crippen LogP) is 2.54. The molecule has 1 fully saturated rings. The Bertz CT molecular complexity index is 649. The van der Waals surface area contributed by atoms with Crippen LogP contribution in [-0.4, -0.2) is 28.1 Å². The zero-order valence-corrected chi connectivity index (χ0v) is 14.0. The van der Waals surface area contributed by atoms with Gasteiger partial charge in [0.15, 0.2) is 0 Å². The summed E-state index contributed by atoms with van der Waals surface area (Å²) in [5.74, 6) is 0. The number of aromatic nitrogens is 2. The van der Waals surface area contributed by atoms with Crippen LogP contribution in [0.4, 0.5) is 0 Å². The van der Waals surface area contributed by atoms with Gasteiger partial charge in [-0.2, -0.15) is 5.10 Å². The lowest BCUT2D eigenvalue weighted by Crippen LogP contribution is -2.41. The van der Waals surface area contributed by atoms with Crippen LogP contribution in [-0.2, 0) is 15.9 Å². The van der Waals surface area contributed by atoms with E-state index in [-0.39, 0.29) is 18.3 Å². The van der Waals surface area contributed by atoms with Gasteiger partial charge in [0.2, 0.25) is 0 Å². The van der Waals surface area contributed by atoms with E-state index < -0.39 is 0 Å². The molecule has 5 heteroatoms. The SMILES string of the molecule is Cc1nn(Cc2ccccc2)cc1B1OC(C)(C)C(C)(C)O1. The molecule has 22 heavy (non-hydrogen) atoms. The van der Waals surface area contributed by atoms with Crippen molar-refractivity contribution < 1.29 is 9.31 Å². The molecule has 1 aromatic heterocycles. The molecule has 0 spiro atoms. The lowest BCUT2D eigenvalue weighted by atomic mass is 9.79. The molecule has 0 unspecified atom stereocenters. The van der Waals surface area contributed by atoms with E-state index >= 15 is 0 Å². The molecule has 0 radical (unpaired) electrons. The van der Waals surface area contributed by atoms with Gasteiger partial charge in [-0.1, -0.05) is 30.3 Å². The van der Waals surface area contributed by atoms with Crippen LogP contribution >= 0.6 is 0 Å². The average Bonchev–Trinajstić information content (AvgIpc) is 2.88. The highest BCUT2D eigenvalue weighted by Crippen LogP contribution is 2.36. The molecule has 2 aromatic rings. The highest BCUT2D eigenvalue weighted by molar-refractivity contribution is 6.62. The number of nitrogens with zero attached hydrogens (tertiary/aromatic N) is 2. The van der Waals surface area contributed by atoms with Gasteiger partial charge in [0.05, 0.1) is 23.4 Å². The summed E-state index contributed by atoms with van der Waals surface area (Å²) in [6, 6.07) is 10.3. The molecule has 0 bridgehead atoms. The molecule has 1 saturated heterocycles. The number of rotatable bonds is 3. The van der Waals surface area contributed by atoms with E-state index in [9.17, 15) is 0 Å². The zero-order valence-electron chi connectivity index (χ0n) is 14.0. The number of benzene rings is 1. The molecule has 2 heterocycles. The van der Waals surface area contributed by atoms with Crippen molar-refractivity contribution in [1.29, 1.82) is 0 Å². The fraction of sp³-hybridized carbons (Fsp3) is 0.471. The molecule has 1 aromatic carbocycles. The zero-order chi connectivity index (χ0) is 16.0. The molecular weight excluding hydrogens is 275 g/mol. The second-order valence-corrected chi connectivity index (χ2v) is 6.94. The van der Waals surface area contributed by atoms with Gasteiger partial charge in [-0.05, 0) is 40.2 Å². The Balaban J connectivity index is 1.82. The van der Waals surface area contributed by atoms with Crippen LogP contribution in [0.25, 0.3) is 0 Å². The number of hydrogen-bond acceptors (Lipinski definition) is 3. The van der Waals surface area contributed by atoms with E-state index in [0.29, 0.717) is 0 Å². The van der Waals surface area contributed by atoms with E-state index in [1.807, 2.05) is 36.0 Å². The van der Waals surface area contributed by atoms with Gasteiger partial charge in [0.25, 0.3) is 0 Å². The van der Waals surface area contributed by atoms with Crippen molar-refractivity contribution in [3.63, 3.8) is 0 Å². The Kier molecular flexibility index (Phi) is 3.65. The molecule has 0 amide bonds. The van der Waals surface area contributed by atoms with Gasteiger partial charge in [0.1, 0.15) is 0 Å². The first-order valence-electron chi connectivity index (χ1n) is 7.72. The van der Waals surface area contributed by atoms with Gasteiger partial charge in [-0.15, -0.1) is 0 Å². The van der Waals surface area contributed by atoms with Crippen LogP contribution in [0.5, 0.6) is 0 Å². The Labute approximate surface area is 132 Å². The molecule has 1 aliphatic heterocycles. The Hall–Kier alpha value is -1.59. The highest BCUT2D eigenvalue weighted by atomic mass is 16.7. The van der Waals surface area contributed by atoms with Gasteiger partial charge in [0, 0.05) is 11.7 Å². The molecule has 0 N–H and O–H groups in total. The summed E-state index contributed by atoms with van der Waals surface area (Å²) in [5, 5.41) is 4.60. The van der Waals surface area contributed by atoms with Crippen molar-refractivity contribution in [2.24, 2.45) is 0 Å². The van der Waals surface area contributed by atoms with Crippen molar-refractivity contribution in [1.82, 2.24) is 9.78 Å². The maximum Gasteiger partial charge on any atom is 0.498 e. The molecule has 116 valence electrons. The molecule has 3 rings (SSSR count). The molecule has 4 nitrogen and oxygen atoms in total. The Morgan fingerprint density at radius 3 is 2.23 bits per heavy atom. The lowest BCUT2D eigenvalue weighted by Gasteiger charge is -2.32. The Morgan fingerprint density at radius 2 is 1.64 bits per heavy atom. The second-order valence-electron chi connectivity index (χ2n) is 6.94. The van der Waals surface area contributed by atoms with Crippen molar-refractivity contribution >= 4 is 12.6 Å². The molecule has 0 atom stereocenters. The maximum atomic E-state index is 6.12. The van der Waals surface area contributed by atoms with Crippen LogP contribution in [0, 0.1) is 6.92 Å². The first-order valence-corrected chi connectivity index (χ1v) is 7.72. The van der Waals surface area contributed by atoms with E-state index in [4.69, 9.17) is 9.31 Å². The van der Waals surface area contributed by atoms with Gasteiger partial charge >= 0.3 is 7.12 Å². The van der Waals surface area contributed by atoms with Crippen LogP contribution in [0.1, 0.15) is 39.0 Å². The first-order chi connectivity index (χ1) is 10.3. The van der Waals surface area contributed by atoms with Crippen LogP contribution in [0.2, 0.25) is 0 Å². The number of aryl methyl sites for hydroxylation is 1.